The summed E-state index contributed by atoms with van der Waals surface area (Å²) in [5, 5.41) is 7.60. The van der Waals surface area contributed by atoms with Gasteiger partial charge in [-0.2, -0.15) is 0 Å². The number of halogens is 2. The van der Waals surface area contributed by atoms with Gasteiger partial charge in [0, 0.05) is 15.2 Å². The molecule has 2 heterocycles. The predicted molar refractivity (Wildman–Crippen MR) is 98.4 cm³/mol. The van der Waals surface area contributed by atoms with Crippen molar-refractivity contribution in [2.75, 3.05) is 16.3 Å². The molecule has 3 nitrogen and oxygen atoms in total. The van der Waals surface area contributed by atoms with Gasteiger partial charge in [-0.3, -0.25) is 4.99 Å². The lowest BCUT2D eigenvalue weighted by Gasteiger charge is -2.00. The van der Waals surface area contributed by atoms with Crippen molar-refractivity contribution in [2.24, 2.45) is 0 Å². The van der Waals surface area contributed by atoms with Gasteiger partial charge in [0.15, 0.2) is 0 Å². The van der Waals surface area contributed by atoms with E-state index >= 15 is 0 Å². The van der Waals surface area contributed by atoms with Gasteiger partial charge in [0.1, 0.15) is 16.9 Å². The van der Waals surface area contributed by atoms with Gasteiger partial charge in [-0.1, -0.05) is 40.8 Å². The number of nitrogens with one attached hydrogen (secondary N) is 2. The molecular formula is C16H14I2N2OS. The van der Waals surface area contributed by atoms with Crippen LogP contribution < -0.4 is 34.3 Å². The number of alkyl halides is 1. The molecule has 0 radical (unpaired) electrons. The molecule has 1 aliphatic heterocycles. The van der Waals surface area contributed by atoms with E-state index in [0.29, 0.717) is 5.25 Å². The molecule has 0 saturated heterocycles. The van der Waals surface area contributed by atoms with Gasteiger partial charge in [0.25, 0.3) is 0 Å². The molecule has 0 fully saturated rings. The second kappa shape index (κ2) is 6.96. The molecule has 0 saturated carbocycles. The quantitative estimate of drug-likeness (QED) is 0.358. The molecule has 0 bridgehead atoms. The van der Waals surface area contributed by atoms with Gasteiger partial charge in [0.05, 0.1) is 11.8 Å². The van der Waals surface area contributed by atoms with Crippen LogP contribution in [-0.4, -0.2) is 21.4 Å². The topological polar surface area (TPSA) is 39.1 Å². The number of thioether (sulfide) groups is 1. The third-order valence-electron chi connectivity index (χ3n) is 3.58. The second-order valence-corrected chi connectivity index (χ2v) is 7.23. The van der Waals surface area contributed by atoms with Crippen LogP contribution in [-0.2, 0) is 0 Å². The number of hydrogen-bond acceptors (Lipinski definition) is 3. The van der Waals surface area contributed by atoms with E-state index in [0.717, 1.165) is 38.4 Å². The van der Waals surface area contributed by atoms with Crippen molar-refractivity contribution >= 4 is 67.1 Å². The maximum Gasteiger partial charge on any atom is 0.309 e. The number of fused-ring (bicyclic) bond motifs is 3. The molecule has 2 N–H and O–H groups in total. The molecule has 22 heavy (non-hydrogen) atoms. The summed E-state index contributed by atoms with van der Waals surface area (Å²) in [5.74, 6) is 0. The van der Waals surface area contributed by atoms with E-state index in [4.69, 9.17) is 4.42 Å². The van der Waals surface area contributed by atoms with Crippen LogP contribution in [0.4, 0.5) is 5.69 Å². The van der Waals surface area contributed by atoms with Gasteiger partial charge in [-0.05, 0) is 36.0 Å². The second-order valence-electron chi connectivity index (χ2n) is 5.04. The van der Waals surface area contributed by atoms with Crippen molar-refractivity contribution in [1.82, 2.24) is 0 Å². The minimum absolute atomic E-state index is 0. The zero-order valence-corrected chi connectivity index (χ0v) is 16.7. The SMILES string of the molecule is ICC1C[NH+]=C(Nc2ccc3oc4ccccc4c3c2)S1.[I-]. The summed E-state index contributed by atoms with van der Waals surface area (Å²) in [6, 6.07) is 14.4. The van der Waals surface area contributed by atoms with E-state index in [1.165, 1.54) is 5.39 Å². The molecule has 1 aliphatic rings. The number of hydrogen-bond donors (Lipinski definition) is 2. The summed E-state index contributed by atoms with van der Waals surface area (Å²) in [5.41, 5.74) is 2.97. The van der Waals surface area contributed by atoms with Crippen LogP contribution in [0, 0.1) is 0 Å². The summed E-state index contributed by atoms with van der Waals surface area (Å²) in [6.07, 6.45) is 0. The highest BCUT2D eigenvalue weighted by atomic mass is 127. The highest BCUT2D eigenvalue weighted by Gasteiger charge is 2.24. The van der Waals surface area contributed by atoms with Gasteiger partial charge >= 0.3 is 5.17 Å². The molecule has 4 rings (SSSR count). The van der Waals surface area contributed by atoms with Gasteiger partial charge in [-0.15, -0.1) is 0 Å². The van der Waals surface area contributed by atoms with Gasteiger partial charge in [0.2, 0.25) is 0 Å². The Labute approximate surface area is 163 Å². The molecule has 0 spiro atoms. The lowest BCUT2D eigenvalue weighted by Crippen LogP contribution is -3.00. The Bertz CT molecular complexity index is 846. The Balaban J connectivity index is 0.00000144. The standard InChI is InChI=1S/C16H13IN2OS.HI/c17-8-11-9-18-16(21-11)19-10-5-6-15-13(7-10)12-3-1-2-4-14(12)20-15;/h1-7,11H,8-9H2,(H,18,19);1H. The molecule has 1 unspecified atom stereocenters. The zero-order chi connectivity index (χ0) is 14.2. The van der Waals surface area contributed by atoms with E-state index in [2.05, 4.69) is 51.1 Å². The van der Waals surface area contributed by atoms with Crippen LogP contribution in [0.3, 0.4) is 0 Å². The van der Waals surface area contributed by atoms with E-state index in [1.807, 2.05) is 36.0 Å². The van der Waals surface area contributed by atoms with E-state index < -0.39 is 0 Å². The first-order valence-electron chi connectivity index (χ1n) is 6.85. The number of benzene rings is 2. The average Bonchev–Trinajstić information content (AvgIpc) is 3.11. The fraction of sp³-hybridized carbons (Fsp3) is 0.188. The fourth-order valence-corrected chi connectivity index (χ4v) is 4.31. The number of furan rings is 1. The number of para-hydroxylation sites is 1. The first-order chi connectivity index (χ1) is 10.3. The van der Waals surface area contributed by atoms with E-state index in [1.54, 1.807) is 0 Å². The van der Waals surface area contributed by atoms with Crippen molar-refractivity contribution in [3.8, 4) is 0 Å². The van der Waals surface area contributed by atoms with Crippen molar-refractivity contribution in [3.63, 3.8) is 0 Å². The molecule has 6 heteroatoms. The third-order valence-corrected chi connectivity index (χ3v) is 6.39. The maximum absolute atomic E-state index is 5.86. The van der Waals surface area contributed by atoms with Crippen molar-refractivity contribution in [3.05, 3.63) is 42.5 Å². The van der Waals surface area contributed by atoms with Gasteiger partial charge < -0.3 is 28.4 Å². The van der Waals surface area contributed by atoms with Gasteiger partial charge in [-0.25, -0.2) is 5.32 Å². The third kappa shape index (κ3) is 3.09. The Hall–Kier alpha value is -0.480. The Morgan fingerprint density at radius 3 is 2.82 bits per heavy atom. The first kappa shape index (κ1) is 16.4. The number of amidine groups is 1. The van der Waals surface area contributed by atoms with Crippen molar-refractivity contribution in [2.45, 2.75) is 5.25 Å². The normalized spacial score (nSPS) is 17.5. The highest BCUT2D eigenvalue weighted by Crippen LogP contribution is 2.30. The lowest BCUT2D eigenvalue weighted by molar-refractivity contribution is -0.448. The monoisotopic (exact) mass is 536 g/mol. The zero-order valence-electron chi connectivity index (χ0n) is 11.6. The van der Waals surface area contributed by atoms with E-state index in [-0.39, 0.29) is 24.0 Å². The van der Waals surface area contributed by atoms with Crippen LogP contribution in [0.25, 0.3) is 21.9 Å². The highest BCUT2D eigenvalue weighted by molar-refractivity contribution is 14.1. The predicted octanol–water partition coefficient (Wildman–Crippen LogP) is -0.0111. The summed E-state index contributed by atoms with van der Waals surface area (Å²) < 4.78 is 7.01. The fourth-order valence-electron chi connectivity index (χ4n) is 2.55. The molecule has 3 aromatic rings. The molecule has 1 aromatic heterocycles. The molecular weight excluding hydrogens is 522 g/mol. The van der Waals surface area contributed by atoms with Crippen molar-refractivity contribution in [1.29, 1.82) is 0 Å². The minimum atomic E-state index is 0. The average molecular weight is 536 g/mol. The van der Waals surface area contributed by atoms with Crippen LogP contribution in [0.5, 0.6) is 0 Å². The molecule has 114 valence electrons. The molecule has 1 atom stereocenters. The minimum Gasteiger partial charge on any atom is -1.00 e. The maximum atomic E-state index is 5.86. The van der Waals surface area contributed by atoms with E-state index in [9.17, 15) is 0 Å². The Morgan fingerprint density at radius 1 is 1.18 bits per heavy atom. The number of anilines is 1. The van der Waals surface area contributed by atoms with Crippen LogP contribution in [0.2, 0.25) is 0 Å². The van der Waals surface area contributed by atoms with Crippen LogP contribution >= 0.6 is 34.4 Å². The Kier molecular flexibility index (Phi) is 5.18. The Morgan fingerprint density at radius 2 is 2.00 bits per heavy atom. The lowest BCUT2D eigenvalue weighted by atomic mass is 10.1. The van der Waals surface area contributed by atoms with Crippen molar-refractivity contribution < 1.29 is 33.4 Å². The summed E-state index contributed by atoms with van der Waals surface area (Å²) in [7, 11) is 0. The summed E-state index contributed by atoms with van der Waals surface area (Å²) >= 11 is 4.32. The molecule has 0 aliphatic carbocycles. The number of rotatable bonds is 2. The van der Waals surface area contributed by atoms with Crippen LogP contribution in [0.15, 0.2) is 46.9 Å². The molecule has 2 aromatic carbocycles. The summed E-state index contributed by atoms with van der Waals surface area (Å²) in [6.45, 7) is 1.03. The summed E-state index contributed by atoms with van der Waals surface area (Å²) in [4.78, 5) is 3.43. The van der Waals surface area contributed by atoms with Crippen LogP contribution in [0.1, 0.15) is 0 Å². The first-order valence-corrected chi connectivity index (χ1v) is 9.26. The smallest absolute Gasteiger partial charge is 0.309 e. The molecule has 0 amide bonds. The largest absolute Gasteiger partial charge is 1.00 e.